The monoisotopic (exact) mass is 228 g/mol. The van der Waals surface area contributed by atoms with Crippen LogP contribution in [-0.4, -0.2) is 30.8 Å². The summed E-state index contributed by atoms with van der Waals surface area (Å²) in [4.78, 5) is 0. The standard InChI is InChI=1S/C4H5F5O3S/c5-3(6,4(7,8)9)1-2-13(10,11)12/h1-2H2,(H,10,11,12). The molecule has 0 bridgehead atoms. The summed E-state index contributed by atoms with van der Waals surface area (Å²) in [5.41, 5.74) is 0. The first-order chi connectivity index (χ1) is 5.46. The molecule has 0 radical (unpaired) electrons. The number of rotatable bonds is 3. The molecule has 0 aliphatic rings. The van der Waals surface area contributed by atoms with Crippen LogP contribution < -0.4 is 0 Å². The summed E-state index contributed by atoms with van der Waals surface area (Å²) >= 11 is 0. The van der Waals surface area contributed by atoms with Gasteiger partial charge in [-0.25, -0.2) is 0 Å². The van der Waals surface area contributed by atoms with Crippen LogP contribution in [0.5, 0.6) is 0 Å². The normalized spacial score (nSPS) is 14.6. The maximum absolute atomic E-state index is 12.0. The molecule has 0 fully saturated rings. The first kappa shape index (κ1) is 12.6. The molecule has 0 aromatic rings. The molecule has 0 saturated carbocycles. The third kappa shape index (κ3) is 4.36. The summed E-state index contributed by atoms with van der Waals surface area (Å²) in [6.45, 7) is 0. The van der Waals surface area contributed by atoms with Crippen molar-refractivity contribution in [1.82, 2.24) is 0 Å². The van der Waals surface area contributed by atoms with Crippen molar-refractivity contribution in [2.45, 2.75) is 18.5 Å². The van der Waals surface area contributed by atoms with Crippen molar-refractivity contribution in [3.8, 4) is 0 Å². The number of alkyl halides is 5. The van der Waals surface area contributed by atoms with E-state index in [1.54, 1.807) is 0 Å². The molecular formula is C4H5F5O3S. The van der Waals surface area contributed by atoms with Crippen LogP contribution in [0, 0.1) is 0 Å². The molecule has 9 heteroatoms. The van der Waals surface area contributed by atoms with Crippen LogP contribution in [0.25, 0.3) is 0 Å². The molecule has 0 aromatic heterocycles. The van der Waals surface area contributed by atoms with Gasteiger partial charge in [0.05, 0.1) is 5.75 Å². The smallest absolute Gasteiger partial charge is 0.286 e. The minimum atomic E-state index is -5.79. The third-order valence-electron chi connectivity index (χ3n) is 1.09. The van der Waals surface area contributed by atoms with Gasteiger partial charge in [-0.1, -0.05) is 0 Å². The van der Waals surface area contributed by atoms with Crippen molar-refractivity contribution in [2.24, 2.45) is 0 Å². The fourth-order valence-electron chi connectivity index (χ4n) is 0.399. The number of halogens is 5. The van der Waals surface area contributed by atoms with E-state index in [2.05, 4.69) is 0 Å². The molecule has 0 aromatic carbocycles. The quantitative estimate of drug-likeness (QED) is 0.587. The Balaban J connectivity index is 4.38. The van der Waals surface area contributed by atoms with Gasteiger partial charge in [0, 0.05) is 6.42 Å². The van der Waals surface area contributed by atoms with Crippen molar-refractivity contribution in [3.05, 3.63) is 0 Å². The predicted octanol–water partition coefficient (Wildman–Crippen LogP) is 1.46. The molecule has 0 unspecified atom stereocenters. The van der Waals surface area contributed by atoms with E-state index >= 15 is 0 Å². The zero-order valence-corrected chi connectivity index (χ0v) is 6.79. The highest BCUT2D eigenvalue weighted by Crippen LogP contribution is 2.38. The SMILES string of the molecule is O=S(=O)(O)CCC(F)(F)C(F)(F)F. The van der Waals surface area contributed by atoms with Gasteiger partial charge in [-0.05, 0) is 0 Å². The van der Waals surface area contributed by atoms with Gasteiger partial charge >= 0.3 is 12.1 Å². The summed E-state index contributed by atoms with van der Waals surface area (Å²) in [5, 5.41) is 0. The zero-order valence-electron chi connectivity index (χ0n) is 5.98. The van der Waals surface area contributed by atoms with Crippen LogP contribution in [-0.2, 0) is 10.1 Å². The molecule has 13 heavy (non-hydrogen) atoms. The number of hydrogen-bond acceptors (Lipinski definition) is 2. The second-order valence-electron chi connectivity index (χ2n) is 2.24. The van der Waals surface area contributed by atoms with Crippen molar-refractivity contribution < 1.29 is 34.9 Å². The lowest BCUT2D eigenvalue weighted by molar-refractivity contribution is -0.282. The van der Waals surface area contributed by atoms with Crippen molar-refractivity contribution in [1.29, 1.82) is 0 Å². The topological polar surface area (TPSA) is 54.4 Å². The number of hydrogen-bond donors (Lipinski definition) is 1. The van der Waals surface area contributed by atoms with E-state index in [1.807, 2.05) is 0 Å². The van der Waals surface area contributed by atoms with Gasteiger partial charge in [0.1, 0.15) is 0 Å². The zero-order chi connectivity index (χ0) is 10.9. The van der Waals surface area contributed by atoms with Gasteiger partial charge in [0.2, 0.25) is 0 Å². The second-order valence-corrected chi connectivity index (χ2v) is 3.81. The van der Waals surface area contributed by atoms with E-state index < -0.39 is 34.4 Å². The Hall–Kier alpha value is -0.440. The molecule has 0 atom stereocenters. The van der Waals surface area contributed by atoms with Crippen LogP contribution >= 0.6 is 0 Å². The van der Waals surface area contributed by atoms with Crippen LogP contribution in [0.4, 0.5) is 22.0 Å². The molecule has 1 N–H and O–H groups in total. The lowest BCUT2D eigenvalue weighted by Crippen LogP contribution is -2.37. The van der Waals surface area contributed by atoms with Gasteiger partial charge in [0.25, 0.3) is 10.1 Å². The van der Waals surface area contributed by atoms with E-state index in [9.17, 15) is 30.4 Å². The minimum absolute atomic E-state index is 1.63. The highest BCUT2D eigenvalue weighted by atomic mass is 32.2. The second kappa shape index (κ2) is 3.37. The van der Waals surface area contributed by atoms with E-state index in [1.165, 1.54) is 0 Å². The molecule has 0 heterocycles. The summed E-state index contributed by atoms with van der Waals surface area (Å²) in [7, 11) is -4.80. The van der Waals surface area contributed by atoms with E-state index in [0.717, 1.165) is 0 Å². The van der Waals surface area contributed by atoms with E-state index in [0.29, 0.717) is 0 Å². The Labute approximate surface area is 70.3 Å². The molecular weight excluding hydrogens is 223 g/mol. The summed E-state index contributed by atoms with van der Waals surface area (Å²) in [5.74, 6) is -6.72. The molecule has 80 valence electrons. The Kier molecular flexibility index (Phi) is 3.26. The van der Waals surface area contributed by atoms with Crippen LogP contribution in [0.15, 0.2) is 0 Å². The Morgan fingerprint density at radius 3 is 1.69 bits per heavy atom. The molecule has 0 aliphatic heterocycles. The summed E-state index contributed by atoms with van der Waals surface area (Å²) in [6, 6.07) is 0. The van der Waals surface area contributed by atoms with Gasteiger partial charge in [-0.15, -0.1) is 0 Å². The van der Waals surface area contributed by atoms with Crippen LogP contribution in [0.3, 0.4) is 0 Å². The lowest BCUT2D eigenvalue weighted by atomic mass is 10.2. The average molecular weight is 228 g/mol. The van der Waals surface area contributed by atoms with Gasteiger partial charge in [0.15, 0.2) is 0 Å². The van der Waals surface area contributed by atoms with Crippen molar-refractivity contribution in [3.63, 3.8) is 0 Å². The van der Waals surface area contributed by atoms with Crippen molar-refractivity contribution in [2.75, 3.05) is 5.75 Å². The Bertz CT molecular complexity index is 266. The largest absolute Gasteiger partial charge is 0.453 e. The Morgan fingerprint density at radius 1 is 1.08 bits per heavy atom. The molecule has 0 saturated heterocycles. The van der Waals surface area contributed by atoms with Gasteiger partial charge < -0.3 is 0 Å². The molecule has 0 aliphatic carbocycles. The molecule has 3 nitrogen and oxygen atoms in total. The molecule has 0 spiro atoms. The Morgan fingerprint density at radius 2 is 1.46 bits per heavy atom. The minimum Gasteiger partial charge on any atom is -0.286 e. The summed E-state index contributed by atoms with van der Waals surface area (Å²) in [6.07, 6.45) is -7.77. The van der Waals surface area contributed by atoms with Crippen molar-refractivity contribution >= 4 is 10.1 Å². The fourth-order valence-corrected chi connectivity index (χ4v) is 0.913. The highest BCUT2D eigenvalue weighted by Gasteiger charge is 2.57. The first-order valence-electron chi connectivity index (χ1n) is 2.85. The molecule has 0 amide bonds. The first-order valence-corrected chi connectivity index (χ1v) is 4.46. The van der Waals surface area contributed by atoms with E-state index in [-0.39, 0.29) is 0 Å². The fraction of sp³-hybridized carbons (Fsp3) is 1.00. The highest BCUT2D eigenvalue weighted by molar-refractivity contribution is 7.85. The maximum atomic E-state index is 12.0. The predicted molar refractivity (Wildman–Crippen MR) is 32.0 cm³/mol. The van der Waals surface area contributed by atoms with Crippen LogP contribution in [0.2, 0.25) is 0 Å². The van der Waals surface area contributed by atoms with Crippen LogP contribution in [0.1, 0.15) is 6.42 Å². The van der Waals surface area contributed by atoms with E-state index in [4.69, 9.17) is 4.55 Å². The lowest BCUT2D eigenvalue weighted by Gasteiger charge is -2.18. The average Bonchev–Trinajstić information content (AvgIpc) is 1.79. The van der Waals surface area contributed by atoms with Gasteiger partial charge in [-0.3, -0.25) is 4.55 Å². The maximum Gasteiger partial charge on any atom is 0.453 e. The third-order valence-corrected chi connectivity index (χ3v) is 1.81. The summed E-state index contributed by atoms with van der Waals surface area (Å²) < 4.78 is 85.7. The van der Waals surface area contributed by atoms with Gasteiger partial charge in [-0.2, -0.15) is 30.4 Å². The molecule has 0 rings (SSSR count).